The lowest BCUT2D eigenvalue weighted by Gasteiger charge is -2.42. The minimum Gasteiger partial charge on any atom is -0.365 e. The molecule has 1 saturated heterocycles. The number of likely N-dealkylation sites (tertiary alicyclic amines) is 1. The standard InChI is InChI=1S/C20H21N3O/c21-14-16-7-6-8-17(13-16)15-23(11-4-1-5-12-23)19-10-3-2-9-18(19)20(22)24/h2-3,6-10,13H,1,4-5,11-12,15H2,(H-,22,24)/p+1. The summed E-state index contributed by atoms with van der Waals surface area (Å²) in [4.78, 5) is 11.9. The second-order valence-corrected chi connectivity index (χ2v) is 6.50. The van der Waals surface area contributed by atoms with Gasteiger partial charge in [0.2, 0.25) is 0 Å². The Bertz CT molecular complexity index is 785. The number of hydrogen-bond acceptors (Lipinski definition) is 2. The molecule has 0 spiro atoms. The minimum absolute atomic E-state index is 0.376. The smallest absolute Gasteiger partial charge is 0.254 e. The zero-order chi connectivity index (χ0) is 17.0. The van der Waals surface area contributed by atoms with Gasteiger partial charge in [-0.15, -0.1) is 0 Å². The molecular weight excluding hydrogens is 298 g/mol. The van der Waals surface area contributed by atoms with Crippen molar-refractivity contribution in [1.29, 1.82) is 5.26 Å². The van der Waals surface area contributed by atoms with E-state index < -0.39 is 0 Å². The maximum Gasteiger partial charge on any atom is 0.254 e. The van der Waals surface area contributed by atoms with Gasteiger partial charge >= 0.3 is 0 Å². The third-order valence-electron chi connectivity index (χ3n) is 4.89. The fourth-order valence-corrected chi connectivity index (χ4v) is 3.79. The van der Waals surface area contributed by atoms with E-state index in [0.717, 1.165) is 48.2 Å². The summed E-state index contributed by atoms with van der Waals surface area (Å²) >= 11 is 0. The summed E-state index contributed by atoms with van der Waals surface area (Å²) in [7, 11) is 0. The molecule has 1 fully saturated rings. The molecule has 1 heterocycles. The molecule has 0 radical (unpaired) electrons. The van der Waals surface area contributed by atoms with Gasteiger partial charge in [-0.1, -0.05) is 24.3 Å². The van der Waals surface area contributed by atoms with E-state index in [-0.39, 0.29) is 5.91 Å². The van der Waals surface area contributed by atoms with Crippen LogP contribution in [0.25, 0.3) is 0 Å². The number of hydrogen-bond donors (Lipinski definition) is 1. The van der Waals surface area contributed by atoms with Crippen molar-refractivity contribution in [2.45, 2.75) is 25.8 Å². The highest BCUT2D eigenvalue weighted by Crippen LogP contribution is 2.34. The van der Waals surface area contributed by atoms with Crippen molar-refractivity contribution in [2.75, 3.05) is 13.1 Å². The van der Waals surface area contributed by atoms with Gasteiger partial charge in [-0.2, -0.15) is 5.26 Å². The van der Waals surface area contributed by atoms with Gasteiger partial charge in [-0.05, 0) is 43.5 Å². The molecule has 0 unspecified atom stereocenters. The molecule has 3 rings (SSSR count). The third kappa shape index (κ3) is 3.17. The van der Waals surface area contributed by atoms with E-state index in [1.165, 1.54) is 6.42 Å². The number of rotatable bonds is 4. The number of primary amides is 1. The van der Waals surface area contributed by atoms with Crippen LogP contribution in [0.1, 0.15) is 40.7 Å². The predicted octanol–water partition coefficient (Wildman–Crippen LogP) is 3.35. The molecule has 0 bridgehead atoms. The first-order valence-electron chi connectivity index (χ1n) is 8.39. The monoisotopic (exact) mass is 320 g/mol. The van der Waals surface area contributed by atoms with E-state index in [0.29, 0.717) is 11.1 Å². The number of benzene rings is 2. The molecule has 1 aliphatic rings. The van der Waals surface area contributed by atoms with E-state index in [1.54, 1.807) is 0 Å². The Balaban J connectivity index is 2.05. The van der Waals surface area contributed by atoms with Gasteiger partial charge in [0.15, 0.2) is 0 Å². The second-order valence-electron chi connectivity index (χ2n) is 6.50. The predicted molar refractivity (Wildman–Crippen MR) is 95.2 cm³/mol. The number of piperidine rings is 1. The van der Waals surface area contributed by atoms with Crippen LogP contribution in [0, 0.1) is 11.3 Å². The van der Waals surface area contributed by atoms with E-state index >= 15 is 0 Å². The van der Waals surface area contributed by atoms with Crippen molar-refractivity contribution in [1.82, 2.24) is 4.48 Å². The molecule has 4 heteroatoms. The number of para-hydroxylation sites is 1. The lowest BCUT2D eigenvalue weighted by Crippen LogP contribution is -2.52. The van der Waals surface area contributed by atoms with Crippen LogP contribution < -0.4 is 10.2 Å². The number of nitrogens with zero attached hydrogens (tertiary/aromatic N) is 2. The molecule has 24 heavy (non-hydrogen) atoms. The molecule has 0 aromatic heterocycles. The first kappa shape index (κ1) is 16.2. The van der Waals surface area contributed by atoms with Crippen LogP contribution in [-0.4, -0.2) is 19.0 Å². The number of quaternary nitrogens is 1. The Labute approximate surface area is 142 Å². The molecule has 0 saturated carbocycles. The van der Waals surface area contributed by atoms with Crippen LogP contribution in [-0.2, 0) is 6.54 Å². The lowest BCUT2D eigenvalue weighted by atomic mass is 10.00. The SMILES string of the molecule is N#Cc1cccc(C[N+]2(c3ccccc3C(N)=O)CCCCC2)c1. The second kappa shape index (κ2) is 6.86. The lowest BCUT2D eigenvalue weighted by molar-refractivity contribution is 0.0996. The summed E-state index contributed by atoms with van der Waals surface area (Å²) < 4.78 is 0.730. The van der Waals surface area contributed by atoms with E-state index in [1.807, 2.05) is 42.5 Å². The van der Waals surface area contributed by atoms with Crippen LogP contribution in [0.2, 0.25) is 0 Å². The number of carbonyl (C=O) groups is 1. The Kier molecular flexibility index (Phi) is 4.64. The molecule has 0 atom stereocenters. The molecule has 2 aromatic rings. The topological polar surface area (TPSA) is 66.9 Å². The van der Waals surface area contributed by atoms with Gasteiger partial charge in [0, 0.05) is 5.56 Å². The molecule has 122 valence electrons. The van der Waals surface area contributed by atoms with Gasteiger partial charge in [0.25, 0.3) is 5.91 Å². The van der Waals surface area contributed by atoms with E-state index in [2.05, 4.69) is 12.1 Å². The summed E-state index contributed by atoms with van der Waals surface area (Å²) in [6.07, 6.45) is 3.48. The molecule has 1 amide bonds. The summed E-state index contributed by atoms with van der Waals surface area (Å²) in [6, 6.07) is 17.6. The van der Waals surface area contributed by atoms with Crippen molar-refractivity contribution >= 4 is 11.6 Å². The average Bonchev–Trinajstić information content (AvgIpc) is 2.62. The van der Waals surface area contributed by atoms with E-state index in [9.17, 15) is 4.79 Å². The Morgan fingerprint density at radius 2 is 1.83 bits per heavy atom. The maximum absolute atomic E-state index is 11.9. The van der Waals surface area contributed by atoms with Crippen molar-refractivity contribution in [3.8, 4) is 6.07 Å². The normalized spacial score (nSPS) is 16.3. The van der Waals surface area contributed by atoms with Crippen molar-refractivity contribution < 1.29 is 4.79 Å². The van der Waals surface area contributed by atoms with Gasteiger partial charge in [0.1, 0.15) is 12.2 Å². The molecule has 0 aliphatic carbocycles. The summed E-state index contributed by atoms with van der Waals surface area (Å²) in [5.74, 6) is -0.376. The fraction of sp³-hybridized carbons (Fsp3) is 0.300. The third-order valence-corrected chi connectivity index (χ3v) is 4.89. The van der Waals surface area contributed by atoms with Crippen molar-refractivity contribution in [3.63, 3.8) is 0 Å². The first-order chi connectivity index (χ1) is 11.6. The molecule has 2 aromatic carbocycles. The minimum atomic E-state index is -0.376. The summed E-state index contributed by atoms with van der Waals surface area (Å²) in [5, 5.41) is 9.15. The van der Waals surface area contributed by atoms with Crippen LogP contribution in [0.15, 0.2) is 48.5 Å². The summed E-state index contributed by atoms with van der Waals surface area (Å²) in [6.45, 7) is 2.75. The average molecular weight is 320 g/mol. The zero-order valence-corrected chi connectivity index (χ0v) is 13.7. The van der Waals surface area contributed by atoms with Crippen LogP contribution in [0.5, 0.6) is 0 Å². The van der Waals surface area contributed by atoms with Crippen molar-refractivity contribution in [2.24, 2.45) is 5.73 Å². The van der Waals surface area contributed by atoms with Crippen LogP contribution in [0.3, 0.4) is 0 Å². The maximum atomic E-state index is 11.9. The molecule has 4 nitrogen and oxygen atoms in total. The largest absolute Gasteiger partial charge is 0.365 e. The highest BCUT2D eigenvalue weighted by atomic mass is 16.1. The Morgan fingerprint density at radius 3 is 2.54 bits per heavy atom. The highest BCUT2D eigenvalue weighted by Gasteiger charge is 2.35. The molecular formula is C20H22N3O+. The van der Waals surface area contributed by atoms with E-state index in [4.69, 9.17) is 11.0 Å². The van der Waals surface area contributed by atoms with Gasteiger partial charge in [-0.3, -0.25) is 9.28 Å². The highest BCUT2D eigenvalue weighted by molar-refractivity contribution is 5.98. The van der Waals surface area contributed by atoms with Crippen LogP contribution >= 0.6 is 0 Å². The van der Waals surface area contributed by atoms with Crippen LogP contribution in [0.4, 0.5) is 5.69 Å². The molecule has 1 aliphatic heterocycles. The molecule has 2 N–H and O–H groups in total. The number of carbonyl (C=O) groups excluding carboxylic acids is 1. The number of nitriles is 1. The van der Waals surface area contributed by atoms with Gasteiger partial charge < -0.3 is 5.73 Å². The first-order valence-corrected chi connectivity index (χ1v) is 8.39. The van der Waals surface area contributed by atoms with Gasteiger partial charge in [-0.25, -0.2) is 0 Å². The number of nitrogens with two attached hydrogens (primary N) is 1. The zero-order valence-electron chi connectivity index (χ0n) is 13.7. The fourth-order valence-electron chi connectivity index (χ4n) is 3.79. The quantitative estimate of drug-likeness (QED) is 0.878. The Morgan fingerprint density at radius 1 is 1.08 bits per heavy atom. The number of amides is 1. The van der Waals surface area contributed by atoms with Crippen molar-refractivity contribution in [3.05, 3.63) is 65.2 Å². The Hall–Kier alpha value is -2.64. The summed E-state index contributed by atoms with van der Waals surface area (Å²) in [5.41, 5.74) is 9.03. The van der Waals surface area contributed by atoms with Gasteiger partial charge in [0.05, 0.1) is 30.3 Å².